The second-order valence-electron chi connectivity index (χ2n) is 5.84. The van der Waals surface area contributed by atoms with Crippen LogP contribution in [-0.2, 0) is 4.74 Å². The highest BCUT2D eigenvalue weighted by molar-refractivity contribution is 6.43. The second-order valence-corrected chi connectivity index (χ2v) is 7.41. The molecular formula is C18H6Cl4O11. The lowest BCUT2D eigenvalue weighted by atomic mass is 10.0. The number of ether oxygens (including phenoxy) is 1. The van der Waals surface area contributed by atoms with Gasteiger partial charge >= 0.3 is 35.8 Å². The number of carboxylic acids is 4. The first-order chi connectivity index (χ1) is 15.2. The van der Waals surface area contributed by atoms with Gasteiger partial charge < -0.3 is 25.2 Å². The number of benzene rings is 2. The van der Waals surface area contributed by atoms with Crippen LogP contribution >= 0.6 is 46.4 Å². The minimum atomic E-state index is -1.87. The van der Waals surface area contributed by atoms with Crippen molar-refractivity contribution >= 4 is 82.2 Å². The van der Waals surface area contributed by atoms with E-state index in [1.807, 2.05) is 0 Å². The van der Waals surface area contributed by atoms with Crippen LogP contribution < -0.4 is 0 Å². The predicted octanol–water partition coefficient (Wildman–Crippen LogP) is 4.09. The minimum absolute atomic E-state index is 0.571. The Bertz CT molecular complexity index is 1190. The zero-order valence-corrected chi connectivity index (χ0v) is 18.3. The number of aromatic carboxylic acids is 4. The maximum Gasteiger partial charge on any atom is 0.347 e. The van der Waals surface area contributed by atoms with Gasteiger partial charge in [0.2, 0.25) is 0 Å². The van der Waals surface area contributed by atoms with E-state index in [-0.39, 0.29) is 0 Å². The molecule has 0 unspecified atom stereocenters. The average Bonchev–Trinajstić information content (AvgIpc) is 2.65. The maximum absolute atomic E-state index is 12.5. The highest BCUT2D eigenvalue weighted by atomic mass is 35.5. The Balaban J connectivity index is 2.63. The summed E-state index contributed by atoms with van der Waals surface area (Å²) >= 11 is 23.0. The molecule has 33 heavy (non-hydrogen) atoms. The Hall–Kier alpha value is -3.38. The molecule has 0 saturated carbocycles. The van der Waals surface area contributed by atoms with E-state index in [0.717, 1.165) is 0 Å². The van der Waals surface area contributed by atoms with Crippen LogP contribution in [0.3, 0.4) is 0 Å². The van der Waals surface area contributed by atoms with Gasteiger partial charge in [0.15, 0.2) is 0 Å². The zero-order valence-electron chi connectivity index (χ0n) is 15.3. The molecule has 4 N–H and O–H groups in total. The maximum atomic E-state index is 12.5. The van der Waals surface area contributed by atoms with Gasteiger partial charge in [-0.1, -0.05) is 46.4 Å². The molecule has 15 heteroatoms. The Labute approximate surface area is 201 Å². The van der Waals surface area contributed by atoms with Crippen molar-refractivity contribution in [2.45, 2.75) is 0 Å². The Morgan fingerprint density at radius 1 is 0.545 bits per heavy atom. The highest BCUT2D eigenvalue weighted by Crippen LogP contribution is 2.34. The van der Waals surface area contributed by atoms with E-state index in [1.54, 1.807) is 0 Å². The molecule has 2 rings (SSSR count). The fraction of sp³-hybridized carbons (Fsp3) is 0. The molecule has 11 nitrogen and oxygen atoms in total. The third-order valence-corrected chi connectivity index (χ3v) is 5.27. The van der Waals surface area contributed by atoms with Crippen molar-refractivity contribution in [2.75, 3.05) is 0 Å². The molecule has 0 radical (unpaired) electrons. The van der Waals surface area contributed by atoms with Crippen LogP contribution in [0.15, 0.2) is 12.1 Å². The van der Waals surface area contributed by atoms with Gasteiger partial charge in [-0.15, -0.1) is 0 Å². The van der Waals surface area contributed by atoms with Gasteiger partial charge in [0.1, 0.15) is 0 Å². The van der Waals surface area contributed by atoms with Gasteiger partial charge in [0, 0.05) is 0 Å². The predicted molar refractivity (Wildman–Crippen MR) is 111 cm³/mol. The van der Waals surface area contributed by atoms with Crippen molar-refractivity contribution in [1.82, 2.24) is 0 Å². The van der Waals surface area contributed by atoms with Crippen LogP contribution in [0.5, 0.6) is 0 Å². The minimum Gasteiger partial charge on any atom is -0.478 e. The van der Waals surface area contributed by atoms with Gasteiger partial charge in [0.25, 0.3) is 0 Å². The summed E-state index contributed by atoms with van der Waals surface area (Å²) in [6, 6.07) is 1.14. The monoisotopic (exact) mass is 538 g/mol. The molecule has 0 aliphatic carbocycles. The van der Waals surface area contributed by atoms with Crippen molar-refractivity contribution in [1.29, 1.82) is 0 Å². The van der Waals surface area contributed by atoms with Gasteiger partial charge in [-0.05, 0) is 12.1 Å². The van der Waals surface area contributed by atoms with Crippen molar-refractivity contribution in [3.8, 4) is 0 Å². The molecule has 0 bridgehead atoms. The van der Waals surface area contributed by atoms with Crippen molar-refractivity contribution in [3.63, 3.8) is 0 Å². The third-order valence-electron chi connectivity index (χ3n) is 3.92. The number of carbonyl (C=O) groups excluding carboxylic acids is 2. The van der Waals surface area contributed by atoms with Crippen LogP contribution in [0.4, 0.5) is 0 Å². The van der Waals surface area contributed by atoms with E-state index in [1.165, 1.54) is 0 Å². The van der Waals surface area contributed by atoms with Crippen LogP contribution in [0.2, 0.25) is 20.1 Å². The third kappa shape index (κ3) is 4.86. The topological polar surface area (TPSA) is 193 Å². The van der Waals surface area contributed by atoms with E-state index >= 15 is 0 Å². The average molecular weight is 540 g/mol. The number of esters is 2. The van der Waals surface area contributed by atoms with Crippen LogP contribution in [0.1, 0.15) is 62.1 Å². The number of hydrogen-bond acceptors (Lipinski definition) is 7. The lowest BCUT2D eigenvalue weighted by Gasteiger charge is -2.13. The van der Waals surface area contributed by atoms with Gasteiger partial charge in [-0.25, -0.2) is 28.8 Å². The summed E-state index contributed by atoms with van der Waals surface area (Å²) in [4.78, 5) is 70.6. The molecule has 0 aliphatic heterocycles. The first-order valence-electron chi connectivity index (χ1n) is 7.94. The van der Waals surface area contributed by atoms with Crippen LogP contribution in [0, 0.1) is 0 Å². The SMILES string of the molecule is O=C(OC(=O)c1cc(Cl)c(C(=O)O)c(Cl)c1C(=O)O)c1cc(Cl)c(C(=O)O)c(Cl)c1C(=O)O. The van der Waals surface area contributed by atoms with E-state index in [2.05, 4.69) is 4.74 Å². The summed E-state index contributed by atoms with van der Waals surface area (Å²) in [5.74, 6) is -10.6. The number of hydrogen-bond donors (Lipinski definition) is 4. The van der Waals surface area contributed by atoms with Gasteiger partial charge in [0.05, 0.1) is 53.5 Å². The van der Waals surface area contributed by atoms with Crippen LogP contribution in [0.25, 0.3) is 0 Å². The lowest BCUT2D eigenvalue weighted by Crippen LogP contribution is -2.20. The summed E-state index contributed by atoms with van der Waals surface area (Å²) < 4.78 is 4.49. The fourth-order valence-corrected chi connectivity index (χ4v) is 3.96. The molecule has 172 valence electrons. The summed E-state index contributed by atoms with van der Waals surface area (Å²) in [5.41, 5.74) is -5.68. The van der Waals surface area contributed by atoms with Crippen LogP contribution in [-0.4, -0.2) is 56.2 Å². The Morgan fingerprint density at radius 2 is 0.818 bits per heavy atom. The van der Waals surface area contributed by atoms with Crippen molar-refractivity contribution in [2.24, 2.45) is 0 Å². The number of carbonyl (C=O) groups is 6. The van der Waals surface area contributed by atoms with E-state index < -0.39 is 89.3 Å². The molecule has 0 heterocycles. The summed E-state index contributed by atoms with van der Waals surface area (Å²) in [5, 5.41) is 33.7. The van der Waals surface area contributed by atoms with E-state index in [0.29, 0.717) is 12.1 Å². The molecular weight excluding hydrogens is 534 g/mol. The first kappa shape index (κ1) is 25.9. The second kappa shape index (κ2) is 9.63. The fourth-order valence-electron chi connectivity index (χ4n) is 2.56. The molecule has 0 aliphatic rings. The Morgan fingerprint density at radius 3 is 1.06 bits per heavy atom. The summed E-state index contributed by atoms with van der Waals surface area (Å²) in [7, 11) is 0. The molecule has 0 amide bonds. The Kier molecular flexibility index (Phi) is 7.55. The first-order valence-corrected chi connectivity index (χ1v) is 9.45. The molecule has 0 saturated heterocycles. The number of carboxylic acid groups (broad SMARTS) is 4. The van der Waals surface area contributed by atoms with Crippen molar-refractivity contribution in [3.05, 3.63) is 65.6 Å². The zero-order chi connectivity index (χ0) is 25.4. The van der Waals surface area contributed by atoms with Crippen molar-refractivity contribution < 1.29 is 53.9 Å². The summed E-state index contributed by atoms with van der Waals surface area (Å²) in [6.45, 7) is 0. The number of halogens is 4. The lowest BCUT2D eigenvalue weighted by molar-refractivity contribution is 0.0385. The molecule has 2 aromatic carbocycles. The van der Waals surface area contributed by atoms with Gasteiger partial charge in [-0.3, -0.25) is 0 Å². The molecule has 0 spiro atoms. The molecule has 0 aromatic heterocycles. The number of rotatable bonds is 6. The molecule has 2 aromatic rings. The van der Waals surface area contributed by atoms with E-state index in [4.69, 9.17) is 56.6 Å². The quantitative estimate of drug-likeness (QED) is 0.305. The van der Waals surface area contributed by atoms with E-state index in [9.17, 15) is 39.0 Å². The molecule has 0 atom stereocenters. The smallest absolute Gasteiger partial charge is 0.347 e. The van der Waals surface area contributed by atoms with Gasteiger partial charge in [-0.2, -0.15) is 0 Å². The highest BCUT2D eigenvalue weighted by Gasteiger charge is 2.32. The normalized spacial score (nSPS) is 10.4. The molecule has 0 fully saturated rings. The largest absolute Gasteiger partial charge is 0.478 e. The standard InChI is InChI=1S/C18H6Cl4O11/c19-5-1-3(7(13(23)24)11(21)9(5)15(27)28)17(31)33-18(32)4-2-6(20)10(16(29)30)12(22)8(4)14(25)26/h1-2H,(H,23,24)(H,25,26)(H,27,28)(H,29,30). The summed E-state index contributed by atoms with van der Waals surface area (Å²) in [6.07, 6.45) is 0.